The molecule has 1 heterocycles. The van der Waals surface area contributed by atoms with Crippen LogP contribution in [0.4, 0.5) is 13.2 Å². The van der Waals surface area contributed by atoms with Gasteiger partial charge in [-0.1, -0.05) is 18.6 Å². The molecule has 2 fully saturated rings. The normalized spacial score (nSPS) is 26.9. The number of morpholine rings is 1. The maximum absolute atomic E-state index is 12.2. The van der Waals surface area contributed by atoms with Gasteiger partial charge in [-0.05, 0) is 36.5 Å². The van der Waals surface area contributed by atoms with Crippen molar-refractivity contribution in [1.82, 2.24) is 10.6 Å². The molecule has 3 rings (SSSR count). The summed E-state index contributed by atoms with van der Waals surface area (Å²) in [6.45, 7) is 3.07. The lowest BCUT2D eigenvalue weighted by molar-refractivity contribution is -0.274. The zero-order valence-electron chi connectivity index (χ0n) is 13.8. The Hall–Kier alpha value is -1.02. The van der Waals surface area contributed by atoms with Crippen LogP contribution in [0.25, 0.3) is 0 Å². The fourth-order valence-electron chi connectivity index (χ4n) is 3.64. The summed E-state index contributed by atoms with van der Waals surface area (Å²) in [7, 11) is 0. The van der Waals surface area contributed by atoms with Gasteiger partial charge in [0.05, 0.1) is 13.2 Å². The summed E-state index contributed by atoms with van der Waals surface area (Å²) < 4.78 is 45.9. The van der Waals surface area contributed by atoms with E-state index in [0.29, 0.717) is 24.5 Å². The summed E-state index contributed by atoms with van der Waals surface area (Å²) in [5.41, 5.74) is 0.947. The molecule has 3 unspecified atom stereocenters. The van der Waals surface area contributed by atoms with Gasteiger partial charge < -0.3 is 20.1 Å². The Bertz CT molecular complexity index is 522. The predicted octanol–water partition coefficient (Wildman–Crippen LogP) is 3.25. The molecule has 8 heteroatoms. The van der Waals surface area contributed by atoms with Crippen molar-refractivity contribution in [3.63, 3.8) is 0 Å². The molecule has 0 aromatic heterocycles. The number of ether oxygens (including phenoxy) is 2. The molecule has 0 amide bonds. The van der Waals surface area contributed by atoms with Gasteiger partial charge in [0.15, 0.2) is 0 Å². The van der Waals surface area contributed by atoms with Gasteiger partial charge in [0.2, 0.25) is 0 Å². The van der Waals surface area contributed by atoms with Gasteiger partial charge in [-0.15, -0.1) is 25.6 Å². The SMILES string of the molecule is Cl.FC(F)(F)Oc1ccc(CNC2CCCC2C2COCCN2)cc1. The van der Waals surface area contributed by atoms with Crippen LogP contribution in [0.15, 0.2) is 24.3 Å². The third kappa shape index (κ3) is 6.02. The predicted molar refractivity (Wildman–Crippen MR) is 91.0 cm³/mol. The van der Waals surface area contributed by atoms with Crippen LogP contribution in [-0.4, -0.2) is 38.2 Å². The molecule has 1 saturated heterocycles. The lowest BCUT2D eigenvalue weighted by atomic mass is 9.94. The fourth-order valence-corrected chi connectivity index (χ4v) is 3.64. The Labute approximate surface area is 151 Å². The number of hydrogen-bond donors (Lipinski definition) is 2. The molecular weight excluding hydrogens is 357 g/mol. The third-order valence-electron chi connectivity index (χ3n) is 4.76. The minimum Gasteiger partial charge on any atom is -0.406 e. The van der Waals surface area contributed by atoms with E-state index in [0.717, 1.165) is 31.7 Å². The molecule has 0 spiro atoms. The van der Waals surface area contributed by atoms with Crippen molar-refractivity contribution in [1.29, 1.82) is 0 Å². The fraction of sp³-hybridized carbons (Fsp3) is 0.647. The number of nitrogens with one attached hydrogen (secondary N) is 2. The lowest BCUT2D eigenvalue weighted by Gasteiger charge is -2.33. The highest BCUT2D eigenvalue weighted by Crippen LogP contribution is 2.30. The van der Waals surface area contributed by atoms with Crippen molar-refractivity contribution < 1.29 is 22.6 Å². The maximum atomic E-state index is 12.2. The standard InChI is InChI=1S/C17H23F3N2O2.ClH/c18-17(19,20)24-13-6-4-12(5-7-13)10-22-15-3-1-2-14(15)16-11-23-9-8-21-16;/h4-7,14-16,21-22H,1-3,8-11H2;1H. The molecular formula is C17H24ClF3N2O2. The maximum Gasteiger partial charge on any atom is 0.573 e. The minimum atomic E-state index is -4.65. The Balaban J connectivity index is 0.00000225. The number of halogens is 4. The number of alkyl halides is 3. The highest BCUT2D eigenvalue weighted by molar-refractivity contribution is 5.85. The van der Waals surface area contributed by atoms with E-state index in [1.807, 2.05) is 0 Å². The van der Waals surface area contributed by atoms with Gasteiger partial charge >= 0.3 is 6.36 Å². The summed E-state index contributed by atoms with van der Waals surface area (Å²) in [5.74, 6) is 0.353. The van der Waals surface area contributed by atoms with Crippen LogP contribution in [0.1, 0.15) is 24.8 Å². The summed E-state index contributed by atoms with van der Waals surface area (Å²) in [6, 6.07) is 6.84. The second kappa shape index (κ2) is 9.07. The van der Waals surface area contributed by atoms with E-state index in [1.54, 1.807) is 12.1 Å². The van der Waals surface area contributed by atoms with E-state index >= 15 is 0 Å². The Kier molecular flexibility index (Phi) is 7.37. The number of rotatable bonds is 5. The first-order valence-electron chi connectivity index (χ1n) is 8.40. The van der Waals surface area contributed by atoms with Gasteiger partial charge in [0.25, 0.3) is 0 Å². The molecule has 142 valence electrons. The van der Waals surface area contributed by atoms with E-state index in [-0.39, 0.29) is 18.2 Å². The summed E-state index contributed by atoms with van der Waals surface area (Å²) in [4.78, 5) is 0. The van der Waals surface area contributed by atoms with Crippen LogP contribution in [0.5, 0.6) is 5.75 Å². The largest absolute Gasteiger partial charge is 0.573 e. The van der Waals surface area contributed by atoms with Crippen LogP contribution in [0.3, 0.4) is 0 Å². The van der Waals surface area contributed by atoms with E-state index < -0.39 is 6.36 Å². The molecule has 1 aromatic carbocycles. The molecule has 1 saturated carbocycles. The van der Waals surface area contributed by atoms with Crippen molar-refractivity contribution in [3.05, 3.63) is 29.8 Å². The Morgan fingerprint density at radius 3 is 2.60 bits per heavy atom. The molecule has 1 aliphatic carbocycles. The average Bonchev–Trinajstić information content (AvgIpc) is 3.02. The third-order valence-corrected chi connectivity index (χ3v) is 4.76. The quantitative estimate of drug-likeness (QED) is 0.823. The Morgan fingerprint density at radius 2 is 1.96 bits per heavy atom. The van der Waals surface area contributed by atoms with Crippen LogP contribution in [0.2, 0.25) is 0 Å². The second-order valence-corrected chi connectivity index (χ2v) is 6.41. The monoisotopic (exact) mass is 380 g/mol. The molecule has 0 bridgehead atoms. The van der Waals surface area contributed by atoms with E-state index in [2.05, 4.69) is 15.4 Å². The first kappa shape index (κ1) is 20.3. The van der Waals surface area contributed by atoms with Gasteiger partial charge in [0, 0.05) is 25.2 Å². The lowest BCUT2D eigenvalue weighted by Crippen LogP contribution is -2.50. The van der Waals surface area contributed by atoms with Gasteiger partial charge in [0.1, 0.15) is 5.75 Å². The van der Waals surface area contributed by atoms with Crippen molar-refractivity contribution in [2.45, 2.75) is 44.3 Å². The molecule has 25 heavy (non-hydrogen) atoms. The van der Waals surface area contributed by atoms with E-state index in [1.165, 1.54) is 25.0 Å². The van der Waals surface area contributed by atoms with Crippen molar-refractivity contribution in [2.75, 3.05) is 19.8 Å². The van der Waals surface area contributed by atoms with E-state index in [4.69, 9.17) is 4.74 Å². The van der Waals surface area contributed by atoms with Gasteiger partial charge in [-0.3, -0.25) is 0 Å². The van der Waals surface area contributed by atoms with Crippen LogP contribution < -0.4 is 15.4 Å². The molecule has 1 aliphatic heterocycles. The molecule has 2 N–H and O–H groups in total. The molecule has 2 aliphatic rings. The van der Waals surface area contributed by atoms with Crippen LogP contribution in [-0.2, 0) is 11.3 Å². The minimum absolute atomic E-state index is 0. The summed E-state index contributed by atoms with van der Waals surface area (Å²) in [6.07, 6.45) is -1.15. The zero-order chi connectivity index (χ0) is 17.0. The van der Waals surface area contributed by atoms with E-state index in [9.17, 15) is 13.2 Å². The molecule has 4 nitrogen and oxygen atoms in total. The highest BCUT2D eigenvalue weighted by Gasteiger charge is 2.34. The summed E-state index contributed by atoms with van der Waals surface area (Å²) in [5, 5.41) is 7.08. The van der Waals surface area contributed by atoms with Crippen molar-refractivity contribution >= 4 is 12.4 Å². The smallest absolute Gasteiger partial charge is 0.406 e. The molecule has 0 radical (unpaired) electrons. The zero-order valence-corrected chi connectivity index (χ0v) is 14.7. The van der Waals surface area contributed by atoms with Crippen LogP contribution in [0, 0.1) is 5.92 Å². The highest BCUT2D eigenvalue weighted by atomic mass is 35.5. The van der Waals surface area contributed by atoms with Gasteiger partial charge in [-0.25, -0.2) is 0 Å². The van der Waals surface area contributed by atoms with Crippen molar-refractivity contribution in [2.24, 2.45) is 5.92 Å². The average molecular weight is 381 g/mol. The molecule has 1 aromatic rings. The Morgan fingerprint density at radius 1 is 1.20 bits per heavy atom. The first-order chi connectivity index (χ1) is 11.5. The van der Waals surface area contributed by atoms with Gasteiger partial charge in [-0.2, -0.15) is 0 Å². The number of hydrogen-bond acceptors (Lipinski definition) is 4. The summed E-state index contributed by atoms with van der Waals surface area (Å²) >= 11 is 0. The van der Waals surface area contributed by atoms with Crippen LogP contribution >= 0.6 is 12.4 Å². The topological polar surface area (TPSA) is 42.5 Å². The van der Waals surface area contributed by atoms with Crippen molar-refractivity contribution in [3.8, 4) is 5.75 Å². The number of benzene rings is 1. The molecule has 3 atom stereocenters. The second-order valence-electron chi connectivity index (χ2n) is 6.41. The first-order valence-corrected chi connectivity index (χ1v) is 8.40.